The Morgan fingerprint density at radius 3 is 2.83 bits per heavy atom. The number of carbonyl (C=O) groups excluding carboxylic acids is 1. The van der Waals surface area contributed by atoms with Crippen molar-refractivity contribution < 1.29 is 18.7 Å². The van der Waals surface area contributed by atoms with Crippen molar-refractivity contribution in [3.8, 4) is 5.88 Å². The first-order valence-corrected chi connectivity index (χ1v) is 7.62. The molecule has 5 nitrogen and oxygen atoms in total. The SMILES string of the molecule is CCOC(=O)Oc1cc2cc(F)ccc2n1Cc1cccc(C)n1. The minimum absolute atomic E-state index is 0.215. The van der Waals surface area contributed by atoms with Crippen LogP contribution in [0.1, 0.15) is 18.3 Å². The molecule has 3 aromatic rings. The van der Waals surface area contributed by atoms with Crippen LogP contribution >= 0.6 is 0 Å². The van der Waals surface area contributed by atoms with E-state index < -0.39 is 6.16 Å². The van der Waals surface area contributed by atoms with E-state index in [0.717, 1.165) is 16.9 Å². The minimum atomic E-state index is -0.792. The van der Waals surface area contributed by atoms with E-state index in [2.05, 4.69) is 4.98 Å². The summed E-state index contributed by atoms with van der Waals surface area (Å²) in [6.07, 6.45) is -0.792. The Morgan fingerprint density at radius 1 is 1.25 bits per heavy atom. The Hall–Kier alpha value is -2.89. The maximum atomic E-state index is 13.5. The van der Waals surface area contributed by atoms with Crippen molar-refractivity contribution >= 4 is 17.1 Å². The Morgan fingerprint density at radius 2 is 2.08 bits per heavy atom. The normalized spacial score (nSPS) is 10.8. The van der Waals surface area contributed by atoms with Crippen molar-refractivity contribution in [1.29, 1.82) is 0 Å². The van der Waals surface area contributed by atoms with Gasteiger partial charge in [0.1, 0.15) is 5.82 Å². The fraction of sp³-hybridized carbons (Fsp3) is 0.222. The van der Waals surface area contributed by atoms with Crippen LogP contribution in [-0.4, -0.2) is 22.3 Å². The van der Waals surface area contributed by atoms with Gasteiger partial charge in [-0.2, -0.15) is 0 Å². The molecule has 0 N–H and O–H groups in total. The van der Waals surface area contributed by atoms with Crippen molar-refractivity contribution in [3.63, 3.8) is 0 Å². The lowest BCUT2D eigenvalue weighted by molar-refractivity contribution is 0.101. The summed E-state index contributed by atoms with van der Waals surface area (Å²) in [5, 5.41) is 0.641. The molecule has 2 aromatic heterocycles. The highest BCUT2D eigenvalue weighted by atomic mass is 19.1. The quantitative estimate of drug-likeness (QED) is 0.678. The van der Waals surface area contributed by atoms with Crippen LogP contribution in [0.2, 0.25) is 0 Å². The molecular weight excluding hydrogens is 311 g/mol. The standard InChI is InChI=1S/C18H17FN2O3/c1-3-23-18(22)24-17-10-13-9-14(19)7-8-16(13)21(17)11-15-6-4-5-12(2)20-15/h4-10H,3,11H2,1-2H3. The number of pyridine rings is 1. The van der Waals surface area contributed by atoms with Gasteiger partial charge in [0.2, 0.25) is 5.88 Å². The molecule has 0 saturated carbocycles. The number of aromatic nitrogens is 2. The van der Waals surface area contributed by atoms with Crippen LogP contribution in [-0.2, 0) is 11.3 Å². The number of hydrogen-bond donors (Lipinski definition) is 0. The number of aryl methyl sites for hydroxylation is 1. The van der Waals surface area contributed by atoms with Gasteiger partial charge in [-0.25, -0.2) is 9.18 Å². The summed E-state index contributed by atoms with van der Waals surface area (Å²) in [6, 6.07) is 11.7. The Balaban J connectivity index is 2.03. The number of halogens is 1. The number of hydrogen-bond acceptors (Lipinski definition) is 4. The molecule has 2 heterocycles. The van der Waals surface area contributed by atoms with Gasteiger partial charge < -0.3 is 14.0 Å². The maximum absolute atomic E-state index is 13.5. The number of nitrogens with zero attached hydrogens (tertiary/aromatic N) is 2. The van der Waals surface area contributed by atoms with Gasteiger partial charge in [-0.05, 0) is 44.2 Å². The third-order valence-electron chi connectivity index (χ3n) is 3.54. The largest absolute Gasteiger partial charge is 0.515 e. The van der Waals surface area contributed by atoms with E-state index in [9.17, 15) is 9.18 Å². The van der Waals surface area contributed by atoms with Crippen molar-refractivity contribution in [3.05, 3.63) is 59.7 Å². The summed E-state index contributed by atoms with van der Waals surface area (Å²) in [7, 11) is 0. The van der Waals surface area contributed by atoms with Crippen LogP contribution in [0.5, 0.6) is 5.88 Å². The third-order valence-corrected chi connectivity index (χ3v) is 3.54. The van der Waals surface area contributed by atoms with Crippen LogP contribution in [0.4, 0.5) is 9.18 Å². The smallest absolute Gasteiger partial charge is 0.434 e. The first kappa shape index (κ1) is 16.0. The van der Waals surface area contributed by atoms with Gasteiger partial charge in [0, 0.05) is 17.1 Å². The highest BCUT2D eigenvalue weighted by Crippen LogP contribution is 2.27. The van der Waals surface area contributed by atoms with Gasteiger partial charge in [0.05, 0.1) is 24.4 Å². The molecule has 0 bridgehead atoms. The second-order valence-electron chi connectivity index (χ2n) is 5.33. The molecule has 3 rings (SSSR count). The third kappa shape index (κ3) is 3.37. The minimum Gasteiger partial charge on any atom is -0.434 e. The molecule has 24 heavy (non-hydrogen) atoms. The van der Waals surface area contributed by atoms with Crippen LogP contribution in [0.15, 0.2) is 42.5 Å². The Labute approximate surface area is 138 Å². The van der Waals surface area contributed by atoms with Crippen LogP contribution in [0.25, 0.3) is 10.9 Å². The van der Waals surface area contributed by atoms with E-state index in [1.807, 2.05) is 25.1 Å². The molecule has 0 aliphatic carbocycles. The Kier molecular flexibility index (Phi) is 4.46. The summed E-state index contributed by atoms with van der Waals surface area (Å²) < 4.78 is 25.3. The van der Waals surface area contributed by atoms with E-state index in [0.29, 0.717) is 11.9 Å². The van der Waals surface area contributed by atoms with E-state index in [4.69, 9.17) is 9.47 Å². The number of benzene rings is 1. The van der Waals surface area contributed by atoms with E-state index in [1.54, 1.807) is 23.6 Å². The van der Waals surface area contributed by atoms with Gasteiger partial charge in [-0.15, -0.1) is 0 Å². The molecular formula is C18H17FN2O3. The first-order chi connectivity index (χ1) is 11.6. The summed E-state index contributed by atoms with van der Waals surface area (Å²) in [4.78, 5) is 16.1. The van der Waals surface area contributed by atoms with Crippen molar-refractivity contribution in [2.75, 3.05) is 6.61 Å². The van der Waals surface area contributed by atoms with Crippen molar-refractivity contribution in [1.82, 2.24) is 9.55 Å². The second-order valence-corrected chi connectivity index (χ2v) is 5.33. The monoisotopic (exact) mass is 328 g/mol. The zero-order valence-corrected chi connectivity index (χ0v) is 13.5. The van der Waals surface area contributed by atoms with Crippen LogP contribution in [0.3, 0.4) is 0 Å². The predicted molar refractivity (Wildman–Crippen MR) is 87.6 cm³/mol. The zero-order chi connectivity index (χ0) is 17.1. The predicted octanol–water partition coefficient (Wildman–Crippen LogP) is 4.07. The maximum Gasteiger partial charge on any atom is 0.515 e. The van der Waals surface area contributed by atoms with Gasteiger partial charge in [-0.1, -0.05) is 6.07 Å². The van der Waals surface area contributed by atoms with Crippen LogP contribution in [0, 0.1) is 12.7 Å². The number of ether oxygens (including phenoxy) is 2. The topological polar surface area (TPSA) is 53.4 Å². The molecule has 0 atom stereocenters. The average molecular weight is 328 g/mol. The first-order valence-electron chi connectivity index (χ1n) is 7.62. The summed E-state index contributed by atoms with van der Waals surface area (Å²) in [5.74, 6) is -0.0617. The number of rotatable bonds is 4. The van der Waals surface area contributed by atoms with Gasteiger partial charge in [0.15, 0.2) is 0 Å². The molecule has 1 aromatic carbocycles. The average Bonchev–Trinajstić information content (AvgIpc) is 2.84. The molecule has 0 unspecified atom stereocenters. The fourth-order valence-electron chi connectivity index (χ4n) is 2.55. The molecule has 0 aliphatic heterocycles. The zero-order valence-electron chi connectivity index (χ0n) is 13.5. The molecule has 0 fully saturated rings. The lowest BCUT2D eigenvalue weighted by Crippen LogP contribution is -2.13. The molecule has 0 radical (unpaired) electrons. The molecule has 6 heteroatoms. The summed E-state index contributed by atoms with van der Waals surface area (Å²) in [6.45, 7) is 4.21. The molecule has 0 spiro atoms. The van der Waals surface area contributed by atoms with E-state index >= 15 is 0 Å². The number of fused-ring (bicyclic) bond motifs is 1. The molecule has 0 amide bonds. The van der Waals surface area contributed by atoms with E-state index in [-0.39, 0.29) is 18.3 Å². The molecule has 0 aliphatic rings. The number of carbonyl (C=O) groups is 1. The highest BCUT2D eigenvalue weighted by Gasteiger charge is 2.15. The van der Waals surface area contributed by atoms with Gasteiger partial charge in [0.25, 0.3) is 0 Å². The lowest BCUT2D eigenvalue weighted by Gasteiger charge is -2.10. The molecule has 0 saturated heterocycles. The highest BCUT2D eigenvalue weighted by molar-refractivity contribution is 5.83. The van der Waals surface area contributed by atoms with Gasteiger partial charge in [-0.3, -0.25) is 4.98 Å². The second kappa shape index (κ2) is 6.70. The van der Waals surface area contributed by atoms with Crippen molar-refractivity contribution in [2.45, 2.75) is 20.4 Å². The Bertz CT molecular complexity index is 889. The lowest BCUT2D eigenvalue weighted by atomic mass is 10.2. The van der Waals surface area contributed by atoms with Crippen LogP contribution < -0.4 is 4.74 Å². The summed E-state index contributed by atoms with van der Waals surface area (Å²) in [5.41, 5.74) is 2.45. The fourth-order valence-corrected chi connectivity index (χ4v) is 2.55. The summed E-state index contributed by atoms with van der Waals surface area (Å²) >= 11 is 0. The van der Waals surface area contributed by atoms with Crippen molar-refractivity contribution in [2.24, 2.45) is 0 Å². The molecule has 124 valence electrons. The van der Waals surface area contributed by atoms with E-state index in [1.165, 1.54) is 12.1 Å². The van der Waals surface area contributed by atoms with Gasteiger partial charge >= 0.3 is 6.16 Å².